The molecule has 0 aliphatic heterocycles. The van der Waals surface area contributed by atoms with E-state index in [-0.39, 0.29) is 37.4 Å². The normalized spacial score (nSPS) is 11.8. The molecule has 0 fully saturated rings. The lowest BCUT2D eigenvalue weighted by atomic mass is 10.1. The van der Waals surface area contributed by atoms with E-state index in [2.05, 4.69) is 35.2 Å². The third kappa shape index (κ3) is 6.75. The number of carbonyl (C=O) groups excluding carboxylic acids is 1. The Balaban J connectivity index is 1.25. The Labute approximate surface area is 242 Å². The van der Waals surface area contributed by atoms with E-state index >= 15 is 0 Å². The number of aryl methyl sites for hydroxylation is 1. The number of halogens is 1. The second kappa shape index (κ2) is 12.8. The summed E-state index contributed by atoms with van der Waals surface area (Å²) in [4.78, 5) is 38.4. The van der Waals surface area contributed by atoms with Gasteiger partial charge in [-0.15, -0.1) is 0 Å². The number of benzene rings is 1. The number of aromatic nitrogens is 6. The summed E-state index contributed by atoms with van der Waals surface area (Å²) in [7, 11) is 0. The van der Waals surface area contributed by atoms with Crippen molar-refractivity contribution in [2.45, 2.75) is 26.9 Å². The van der Waals surface area contributed by atoms with Crippen molar-refractivity contribution in [3.05, 3.63) is 48.2 Å². The molecule has 0 saturated heterocycles. The van der Waals surface area contributed by atoms with Gasteiger partial charge >= 0.3 is 12.1 Å². The number of carbonyl (C=O) groups is 1. The first-order valence-electron chi connectivity index (χ1n) is 12.9. The molecule has 1 atom stereocenters. The average Bonchev–Trinajstić information content (AvgIpc) is 3.37. The fourth-order valence-electron chi connectivity index (χ4n) is 3.82. The van der Waals surface area contributed by atoms with Gasteiger partial charge in [0.15, 0.2) is 5.82 Å². The van der Waals surface area contributed by atoms with Gasteiger partial charge in [0.2, 0.25) is 5.88 Å². The van der Waals surface area contributed by atoms with E-state index in [0.717, 1.165) is 11.1 Å². The number of hydrogen-bond acceptors (Lipinski definition) is 13. The highest BCUT2D eigenvalue weighted by atomic mass is 32.1. The van der Waals surface area contributed by atoms with Crippen molar-refractivity contribution >= 4 is 44.5 Å². The number of aliphatic hydroxyl groups excluding tert-OH is 1. The Morgan fingerprint density at radius 1 is 1.05 bits per heavy atom. The first-order valence-corrected chi connectivity index (χ1v) is 13.7. The van der Waals surface area contributed by atoms with E-state index in [1.165, 1.54) is 29.8 Å². The van der Waals surface area contributed by atoms with Crippen LogP contribution < -0.4 is 19.5 Å². The number of aliphatic hydroxyl groups is 1. The number of anilines is 1. The minimum Gasteiger partial charge on any atom is -0.477 e. The van der Waals surface area contributed by atoms with Gasteiger partial charge in [-0.2, -0.15) is 4.98 Å². The number of thiazole rings is 1. The van der Waals surface area contributed by atoms with Crippen LogP contribution in [0.3, 0.4) is 0 Å². The third-order valence-corrected chi connectivity index (χ3v) is 6.56. The molecule has 1 aromatic carbocycles. The summed E-state index contributed by atoms with van der Waals surface area (Å²) in [5, 5.41) is 11.8. The summed E-state index contributed by atoms with van der Waals surface area (Å²) in [5.74, 6) is -0.511. The highest BCUT2D eigenvalue weighted by molar-refractivity contribution is 7.21. The largest absolute Gasteiger partial charge is 0.477 e. The van der Waals surface area contributed by atoms with Gasteiger partial charge in [0.1, 0.15) is 34.7 Å². The summed E-state index contributed by atoms with van der Waals surface area (Å²) in [5.41, 5.74) is 3.64. The summed E-state index contributed by atoms with van der Waals surface area (Å²) in [6.45, 7) is 5.60. The van der Waals surface area contributed by atoms with Crippen LogP contribution in [-0.4, -0.2) is 73.6 Å². The molecule has 5 rings (SSSR count). The Hall–Kier alpha value is -4.76. The number of rotatable bonds is 11. The van der Waals surface area contributed by atoms with Crippen LogP contribution in [0.1, 0.15) is 19.4 Å². The van der Waals surface area contributed by atoms with Crippen LogP contribution in [0.25, 0.3) is 32.0 Å². The highest BCUT2D eigenvalue weighted by Gasteiger charge is 2.18. The summed E-state index contributed by atoms with van der Waals surface area (Å²) < 4.78 is 36.2. The first-order chi connectivity index (χ1) is 20.3. The van der Waals surface area contributed by atoms with E-state index in [0.29, 0.717) is 38.9 Å². The molecule has 5 aromatic rings. The smallest absolute Gasteiger partial charge is 0.412 e. The van der Waals surface area contributed by atoms with E-state index in [4.69, 9.17) is 24.1 Å². The lowest BCUT2D eigenvalue weighted by molar-refractivity contribution is 0.0827. The van der Waals surface area contributed by atoms with Crippen LogP contribution in [0.15, 0.2) is 36.8 Å². The number of nitrogens with one attached hydrogen (secondary N) is 1. The lowest BCUT2D eigenvalue weighted by Crippen LogP contribution is -2.25. The van der Waals surface area contributed by atoms with Crippen LogP contribution in [0.2, 0.25) is 0 Å². The van der Waals surface area contributed by atoms with Crippen LogP contribution >= 0.6 is 11.3 Å². The van der Waals surface area contributed by atoms with Crippen LogP contribution in [0.4, 0.5) is 14.9 Å². The molecule has 4 heterocycles. The molecule has 4 aromatic heterocycles. The number of amides is 1. The van der Waals surface area contributed by atoms with Crippen molar-refractivity contribution in [3.63, 3.8) is 0 Å². The molecule has 15 heteroatoms. The maximum Gasteiger partial charge on any atom is 0.412 e. The Morgan fingerprint density at radius 3 is 2.62 bits per heavy atom. The summed E-state index contributed by atoms with van der Waals surface area (Å²) in [6, 6.07) is 5.16. The maximum atomic E-state index is 14.9. The van der Waals surface area contributed by atoms with Gasteiger partial charge in [-0.3, -0.25) is 5.32 Å². The molecular formula is C27H26FN7O6S. The number of ether oxygens (including phenoxy) is 4. The van der Waals surface area contributed by atoms with Crippen molar-refractivity contribution in [2.24, 2.45) is 0 Å². The SMILES string of the molecule is CCOc1cnc2c(-c3nc4cc(F)c(OC[C@@H](C)OC(=O)Nc5cnc(OCCO)nc5)nc4s3)cc(C)cc2n1. The predicted octanol–water partition coefficient (Wildman–Crippen LogP) is 4.32. The summed E-state index contributed by atoms with van der Waals surface area (Å²) >= 11 is 1.27. The fourth-order valence-corrected chi connectivity index (χ4v) is 4.75. The van der Waals surface area contributed by atoms with Crippen LogP contribution in [-0.2, 0) is 4.74 Å². The zero-order valence-electron chi connectivity index (χ0n) is 22.8. The van der Waals surface area contributed by atoms with Gasteiger partial charge in [-0.25, -0.2) is 34.1 Å². The number of hydrogen-bond donors (Lipinski definition) is 2. The molecular weight excluding hydrogens is 569 g/mol. The first kappa shape index (κ1) is 28.8. The van der Waals surface area contributed by atoms with Gasteiger partial charge in [-0.1, -0.05) is 11.3 Å². The van der Waals surface area contributed by atoms with Gasteiger partial charge in [0.05, 0.1) is 48.5 Å². The van der Waals surface area contributed by atoms with Crippen LogP contribution in [0.5, 0.6) is 17.8 Å². The Kier molecular flexibility index (Phi) is 8.78. The lowest BCUT2D eigenvalue weighted by Gasteiger charge is -2.14. The van der Waals surface area contributed by atoms with Crippen molar-refractivity contribution in [3.8, 4) is 28.3 Å². The molecule has 218 valence electrons. The monoisotopic (exact) mass is 595 g/mol. The maximum absolute atomic E-state index is 14.9. The van der Waals surface area contributed by atoms with Gasteiger partial charge in [-0.05, 0) is 38.5 Å². The van der Waals surface area contributed by atoms with Crippen LogP contribution in [0, 0.1) is 12.7 Å². The number of fused-ring (bicyclic) bond motifs is 2. The number of nitrogens with zero attached hydrogens (tertiary/aromatic N) is 6. The quantitative estimate of drug-likeness (QED) is 0.223. The molecule has 0 spiro atoms. The molecule has 0 saturated carbocycles. The molecule has 0 aliphatic rings. The molecule has 0 radical (unpaired) electrons. The molecule has 0 bridgehead atoms. The van der Waals surface area contributed by atoms with Gasteiger partial charge < -0.3 is 24.1 Å². The Morgan fingerprint density at radius 2 is 1.86 bits per heavy atom. The van der Waals surface area contributed by atoms with E-state index in [1.54, 1.807) is 13.1 Å². The van der Waals surface area contributed by atoms with E-state index < -0.39 is 18.0 Å². The Bertz CT molecular complexity index is 1720. The summed E-state index contributed by atoms with van der Waals surface area (Å²) in [6.07, 6.45) is 2.68. The standard InChI is InChI=1S/C27H26FN7O6S/c1-4-38-21-12-29-22-17(7-14(2)8-19(22)33-21)24-34-20-9-18(28)23(35-25(20)42-24)40-13-15(3)41-27(37)32-16-10-30-26(31-11-16)39-6-5-36/h7-12,15,36H,4-6,13H2,1-3H3,(H,32,37)/t15-/m1/s1. The second-order valence-corrected chi connectivity index (χ2v) is 9.90. The van der Waals surface area contributed by atoms with Crippen molar-refractivity contribution < 1.29 is 33.2 Å². The number of pyridine rings is 1. The second-order valence-electron chi connectivity index (χ2n) is 8.92. The van der Waals surface area contributed by atoms with Crippen molar-refractivity contribution in [1.82, 2.24) is 29.9 Å². The molecule has 42 heavy (non-hydrogen) atoms. The zero-order valence-corrected chi connectivity index (χ0v) is 23.6. The van der Waals surface area contributed by atoms with E-state index in [9.17, 15) is 9.18 Å². The van der Waals surface area contributed by atoms with Gasteiger partial charge in [0.25, 0.3) is 5.88 Å². The third-order valence-electron chi connectivity index (χ3n) is 5.56. The molecule has 1 amide bonds. The molecule has 0 unspecified atom stereocenters. The van der Waals surface area contributed by atoms with E-state index in [1.807, 2.05) is 26.0 Å². The zero-order chi connectivity index (χ0) is 29.6. The minimum atomic E-state index is -0.781. The topological polar surface area (TPSA) is 164 Å². The molecule has 13 nitrogen and oxygen atoms in total. The van der Waals surface area contributed by atoms with Crippen molar-refractivity contribution in [2.75, 3.05) is 31.7 Å². The minimum absolute atomic E-state index is 0.0497. The predicted molar refractivity (Wildman–Crippen MR) is 151 cm³/mol. The molecule has 0 aliphatic carbocycles. The fraction of sp³-hybridized carbons (Fsp3) is 0.296. The van der Waals surface area contributed by atoms with Gasteiger partial charge in [0, 0.05) is 11.6 Å². The molecule has 2 N–H and O–H groups in total. The highest BCUT2D eigenvalue weighted by Crippen LogP contribution is 2.35. The average molecular weight is 596 g/mol. The van der Waals surface area contributed by atoms with Crippen molar-refractivity contribution in [1.29, 1.82) is 0 Å².